The Morgan fingerprint density at radius 1 is 0.979 bits per heavy atom. The van der Waals surface area contributed by atoms with Crippen LogP contribution < -0.4 is 19.3 Å². The van der Waals surface area contributed by atoms with E-state index in [4.69, 9.17) is 14.0 Å². The maximum absolute atomic E-state index is 14.3. The van der Waals surface area contributed by atoms with Crippen LogP contribution in [0.1, 0.15) is 16.7 Å². The SMILES string of the molecule is C=CCN1CC(=O)N2[C@@H](Cc3ccc(OP(C)(C)=O)cc3)C(=O)N(Cc3ccc4c(c3)OCCO4)C[C@@H]2N1C(=O)NCc1ccccc1. The summed E-state index contributed by atoms with van der Waals surface area (Å²) < 4.78 is 29.2. The van der Waals surface area contributed by atoms with E-state index >= 15 is 0 Å². The van der Waals surface area contributed by atoms with Gasteiger partial charge in [-0.2, -0.15) is 0 Å². The van der Waals surface area contributed by atoms with Crippen LogP contribution in [0.25, 0.3) is 0 Å². The fourth-order valence-electron chi connectivity index (χ4n) is 6.27. The monoisotopic (exact) mass is 673 g/mol. The highest BCUT2D eigenvalue weighted by molar-refractivity contribution is 7.57. The van der Waals surface area contributed by atoms with Gasteiger partial charge in [-0.05, 0) is 41.0 Å². The Morgan fingerprint density at radius 3 is 2.40 bits per heavy atom. The fourth-order valence-corrected chi connectivity index (χ4v) is 6.90. The van der Waals surface area contributed by atoms with Crippen molar-refractivity contribution in [3.8, 4) is 17.2 Å². The van der Waals surface area contributed by atoms with Crippen molar-refractivity contribution in [2.24, 2.45) is 0 Å². The maximum atomic E-state index is 14.3. The average molecular weight is 674 g/mol. The molecule has 13 heteroatoms. The second-order valence-electron chi connectivity index (χ2n) is 12.3. The van der Waals surface area contributed by atoms with Gasteiger partial charge in [0, 0.05) is 39.4 Å². The van der Waals surface area contributed by atoms with Gasteiger partial charge in [0.25, 0.3) is 0 Å². The van der Waals surface area contributed by atoms with E-state index in [1.54, 1.807) is 50.2 Å². The van der Waals surface area contributed by atoms with Gasteiger partial charge in [-0.1, -0.05) is 54.6 Å². The zero-order valence-corrected chi connectivity index (χ0v) is 28.0. The van der Waals surface area contributed by atoms with E-state index in [9.17, 15) is 18.9 Å². The number of carbonyl (C=O) groups excluding carboxylic acids is 3. The Morgan fingerprint density at radius 2 is 1.69 bits per heavy atom. The van der Waals surface area contributed by atoms with E-state index in [1.807, 2.05) is 48.5 Å². The van der Waals surface area contributed by atoms with Gasteiger partial charge in [-0.25, -0.2) is 14.8 Å². The number of nitrogens with one attached hydrogen (secondary N) is 1. The summed E-state index contributed by atoms with van der Waals surface area (Å²) in [6, 6.07) is 20.9. The van der Waals surface area contributed by atoms with Crippen molar-refractivity contribution in [2.75, 3.05) is 46.2 Å². The Hall–Kier alpha value is -4.80. The number of hydrazine groups is 1. The summed E-state index contributed by atoms with van der Waals surface area (Å²) >= 11 is 0. The maximum Gasteiger partial charge on any atom is 0.334 e. The molecule has 0 unspecified atom stereocenters. The van der Waals surface area contributed by atoms with Crippen LogP contribution in [-0.4, -0.2) is 96.0 Å². The smallest absolute Gasteiger partial charge is 0.334 e. The summed E-state index contributed by atoms with van der Waals surface area (Å²) in [6.45, 7) is 8.62. The zero-order chi connectivity index (χ0) is 33.8. The lowest BCUT2D eigenvalue weighted by Gasteiger charge is -2.55. The molecular formula is C35H40N5O7P. The predicted molar refractivity (Wildman–Crippen MR) is 180 cm³/mol. The number of hydrogen-bond acceptors (Lipinski definition) is 8. The largest absolute Gasteiger partial charge is 0.486 e. The van der Waals surface area contributed by atoms with Gasteiger partial charge in [-0.3, -0.25) is 14.2 Å². The van der Waals surface area contributed by atoms with Crippen molar-refractivity contribution in [3.05, 3.63) is 102 Å². The molecule has 0 bridgehead atoms. The van der Waals surface area contributed by atoms with Crippen molar-refractivity contribution >= 4 is 25.2 Å². The molecule has 3 aromatic rings. The third kappa shape index (κ3) is 7.50. The molecule has 2 atom stereocenters. The molecule has 0 spiro atoms. The molecule has 3 aliphatic rings. The van der Waals surface area contributed by atoms with Gasteiger partial charge in [0.1, 0.15) is 31.2 Å². The Kier molecular flexibility index (Phi) is 9.75. The minimum absolute atomic E-state index is 0.0942. The van der Waals surface area contributed by atoms with E-state index in [1.165, 1.54) is 13.3 Å². The standard InChI is InChI=1S/C35H40N5O7P/c1-4-16-38-24-33(41)39-29(19-25-10-13-28(14-11-25)47-48(2,3)44)34(42)37(22-27-12-15-30-31(20-27)46-18-17-45-30)23-32(39)40(38)35(43)36-21-26-8-6-5-7-9-26/h4-15,20,29,32H,1,16-19,21-24H2,2-3H3,(H,36,43)/t29-,32-/m0/s1. The van der Waals surface area contributed by atoms with Gasteiger partial charge >= 0.3 is 6.03 Å². The molecule has 0 radical (unpaired) electrons. The molecule has 3 heterocycles. The highest BCUT2D eigenvalue weighted by Crippen LogP contribution is 2.39. The van der Waals surface area contributed by atoms with Crippen molar-refractivity contribution < 1.29 is 32.9 Å². The molecule has 252 valence electrons. The van der Waals surface area contributed by atoms with Gasteiger partial charge in [0.05, 0.1) is 13.1 Å². The highest BCUT2D eigenvalue weighted by atomic mass is 31.2. The molecule has 12 nitrogen and oxygen atoms in total. The quantitative estimate of drug-likeness (QED) is 0.252. The average Bonchev–Trinajstić information content (AvgIpc) is 3.06. The van der Waals surface area contributed by atoms with Crippen LogP contribution in [0, 0.1) is 0 Å². The Labute approximate surface area is 280 Å². The summed E-state index contributed by atoms with van der Waals surface area (Å²) in [6.07, 6.45) is 1.07. The molecule has 6 rings (SSSR count). The van der Waals surface area contributed by atoms with Gasteiger partial charge in [0.2, 0.25) is 19.2 Å². The summed E-state index contributed by atoms with van der Waals surface area (Å²) in [5.41, 5.74) is 2.54. The van der Waals surface area contributed by atoms with Crippen LogP contribution >= 0.6 is 7.37 Å². The number of nitrogens with zero attached hydrogens (tertiary/aromatic N) is 4. The topological polar surface area (TPSA) is 121 Å². The number of hydrogen-bond donors (Lipinski definition) is 1. The molecule has 48 heavy (non-hydrogen) atoms. The Balaban J connectivity index is 1.32. The zero-order valence-electron chi connectivity index (χ0n) is 27.1. The second kappa shape index (κ2) is 14.1. The number of piperazine rings is 1. The molecule has 2 saturated heterocycles. The van der Waals surface area contributed by atoms with Crippen LogP contribution in [0.5, 0.6) is 17.2 Å². The van der Waals surface area contributed by atoms with Crippen molar-refractivity contribution in [1.82, 2.24) is 25.1 Å². The number of urea groups is 1. The van der Waals surface area contributed by atoms with Gasteiger partial charge < -0.3 is 29.1 Å². The molecule has 0 aromatic heterocycles. The first-order chi connectivity index (χ1) is 23.1. The molecule has 1 N–H and O–H groups in total. The first-order valence-electron chi connectivity index (χ1n) is 15.9. The van der Waals surface area contributed by atoms with Crippen LogP contribution in [0.15, 0.2) is 85.5 Å². The number of ether oxygens (including phenoxy) is 2. The summed E-state index contributed by atoms with van der Waals surface area (Å²) in [5.74, 6) is 1.22. The third-order valence-corrected chi connectivity index (χ3v) is 8.97. The number of benzene rings is 3. The van der Waals surface area contributed by atoms with Gasteiger partial charge in [-0.15, -0.1) is 6.58 Å². The molecule has 2 fully saturated rings. The number of rotatable bonds is 10. The van der Waals surface area contributed by atoms with E-state index in [0.717, 1.165) is 16.7 Å². The van der Waals surface area contributed by atoms with Crippen LogP contribution in [0.4, 0.5) is 4.79 Å². The normalized spacial score (nSPS) is 19.5. The summed E-state index contributed by atoms with van der Waals surface area (Å²) in [4.78, 5) is 45.4. The second-order valence-corrected chi connectivity index (χ2v) is 15.0. The lowest BCUT2D eigenvalue weighted by molar-refractivity contribution is -0.189. The minimum atomic E-state index is -2.76. The van der Waals surface area contributed by atoms with E-state index in [2.05, 4.69) is 11.9 Å². The lowest BCUT2D eigenvalue weighted by atomic mass is 9.98. The Bertz CT molecular complexity index is 1710. The first-order valence-corrected chi connectivity index (χ1v) is 18.4. The third-order valence-electron chi connectivity index (χ3n) is 8.32. The number of amides is 4. The molecule has 4 amide bonds. The van der Waals surface area contributed by atoms with E-state index in [-0.39, 0.29) is 50.4 Å². The fraction of sp³-hybridized carbons (Fsp3) is 0.343. The van der Waals surface area contributed by atoms with Gasteiger partial charge in [0.15, 0.2) is 11.5 Å². The van der Waals surface area contributed by atoms with Crippen LogP contribution in [0.2, 0.25) is 0 Å². The summed E-state index contributed by atoms with van der Waals surface area (Å²) in [5, 5.41) is 6.23. The number of fused-ring (bicyclic) bond motifs is 2. The molecule has 3 aliphatic heterocycles. The van der Waals surface area contributed by atoms with Crippen molar-refractivity contribution in [2.45, 2.75) is 31.7 Å². The van der Waals surface area contributed by atoms with Crippen molar-refractivity contribution in [3.63, 3.8) is 0 Å². The molecule has 0 aliphatic carbocycles. The first kappa shape index (κ1) is 33.1. The molecule has 0 saturated carbocycles. The van der Waals surface area contributed by atoms with Crippen LogP contribution in [-0.2, 0) is 33.7 Å². The van der Waals surface area contributed by atoms with Crippen LogP contribution in [0.3, 0.4) is 0 Å². The molecule has 3 aromatic carbocycles. The van der Waals surface area contributed by atoms with E-state index in [0.29, 0.717) is 37.0 Å². The minimum Gasteiger partial charge on any atom is -0.486 e. The summed E-state index contributed by atoms with van der Waals surface area (Å²) in [7, 11) is -2.76. The lowest BCUT2D eigenvalue weighted by Crippen LogP contribution is -2.76. The van der Waals surface area contributed by atoms with Crippen molar-refractivity contribution in [1.29, 1.82) is 0 Å². The highest BCUT2D eigenvalue weighted by Gasteiger charge is 2.51. The predicted octanol–water partition coefficient (Wildman–Crippen LogP) is 4.11. The molecular weight excluding hydrogens is 633 g/mol. The number of carbonyl (C=O) groups is 3. The van der Waals surface area contributed by atoms with E-state index < -0.39 is 19.6 Å².